The molecule has 3 nitrogen and oxygen atoms in total. The monoisotopic (exact) mass is 338 g/mol. The van der Waals surface area contributed by atoms with Crippen molar-refractivity contribution in [2.45, 2.75) is 13.8 Å². The average Bonchev–Trinajstić information content (AvgIpc) is 2.40. The van der Waals surface area contributed by atoms with Gasteiger partial charge in [0.25, 0.3) is 0 Å². The van der Waals surface area contributed by atoms with Gasteiger partial charge in [-0.3, -0.25) is 0 Å². The zero-order chi connectivity index (χ0) is 14.7. The summed E-state index contributed by atoms with van der Waals surface area (Å²) < 4.78 is 19.9. The Bertz CT molecular complexity index is 632. The summed E-state index contributed by atoms with van der Waals surface area (Å²) in [5.74, 6) is -0.266. The van der Waals surface area contributed by atoms with Gasteiger partial charge in [-0.15, -0.1) is 0 Å². The van der Waals surface area contributed by atoms with E-state index in [2.05, 4.69) is 21.2 Å². The molecule has 0 saturated carbocycles. The molecule has 0 aromatic heterocycles. The van der Waals surface area contributed by atoms with Crippen LogP contribution >= 0.6 is 15.9 Å². The number of rotatable bonds is 4. The Kier molecular flexibility index (Phi) is 4.49. The number of nitrogen functional groups attached to an aromatic ring is 1. The third-order valence-electron chi connectivity index (χ3n) is 2.94. The van der Waals surface area contributed by atoms with Crippen molar-refractivity contribution in [2.75, 3.05) is 17.7 Å². The van der Waals surface area contributed by atoms with Crippen LogP contribution in [-0.2, 0) is 0 Å². The molecule has 0 amide bonds. The molecule has 0 bridgehead atoms. The van der Waals surface area contributed by atoms with Gasteiger partial charge in [0.15, 0.2) is 11.6 Å². The van der Waals surface area contributed by atoms with Gasteiger partial charge in [0.1, 0.15) is 0 Å². The Balaban J connectivity index is 2.38. The Labute approximate surface area is 126 Å². The molecule has 0 aliphatic rings. The normalized spacial score (nSPS) is 10.4. The van der Waals surface area contributed by atoms with E-state index in [-0.39, 0.29) is 5.75 Å². The largest absolute Gasteiger partial charge is 0.491 e. The molecule has 5 heteroatoms. The van der Waals surface area contributed by atoms with E-state index < -0.39 is 5.82 Å². The van der Waals surface area contributed by atoms with Crippen LogP contribution in [0.25, 0.3) is 0 Å². The third kappa shape index (κ3) is 3.04. The van der Waals surface area contributed by atoms with Gasteiger partial charge >= 0.3 is 0 Å². The summed E-state index contributed by atoms with van der Waals surface area (Å²) in [6.07, 6.45) is 0. The number of nitrogens with one attached hydrogen (secondary N) is 1. The Morgan fingerprint density at radius 1 is 1.30 bits per heavy atom. The van der Waals surface area contributed by atoms with Gasteiger partial charge in [0.05, 0.1) is 18.0 Å². The topological polar surface area (TPSA) is 47.3 Å². The number of ether oxygens (including phenoxy) is 1. The SMILES string of the molecule is CCOc1cc(Nc2cccc(Br)c2C)c(N)cc1F. The molecule has 0 radical (unpaired) electrons. The smallest absolute Gasteiger partial charge is 0.167 e. The Morgan fingerprint density at radius 2 is 2.05 bits per heavy atom. The minimum atomic E-state index is -0.458. The highest BCUT2D eigenvalue weighted by atomic mass is 79.9. The molecule has 0 atom stereocenters. The molecule has 20 heavy (non-hydrogen) atoms. The van der Waals surface area contributed by atoms with Crippen LogP contribution in [0.5, 0.6) is 5.75 Å². The molecular weight excluding hydrogens is 323 g/mol. The molecule has 2 rings (SSSR count). The molecule has 0 spiro atoms. The Morgan fingerprint density at radius 3 is 2.75 bits per heavy atom. The molecule has 0 heterocycles. The summed E-state index contributed by atoms with van der Waals surface area (Å²) in [7, 11) is 0. The fourth-order valence-corrected chi connectivity index (χ4v) is 2.20. The lowest BCUT2D eigenvalue weighted by Gasteiger charge is -2.14. The lowest BCUT2D eigenvalue weighted by atomic mass is 10.2. The molecule has 0 aliphatic carbocycles. The maximum absolute atomic E-state index is 13.7. The number of anilines is 3. The molecule has 0 unspecified atom stereocenters. The summed E-state index contributed by atoms with van der Waals surface area (Å²) in [6, 6.07) is 8.65. The van der Waals surface area contributed by atoms with Crippen LogP contribution in [0.15, 0.2) is 34.8 Å². The number of nitrogens with two attached hydrogens (primary N) is 1. The maximum Gasteiger partial charge on any atom is 0.167 e. The van der Waals surface area contributed by atoms with E-state index in [4.69, 9.17) is 10.5 Å². The second kappa shape index (κ2) is 6.13. The van der Waals surface area contributed by atoms with Gasteiger partial charge < -0.3 is 15.8 Å². The Hall–Kier alpha value is -1.75. The number of benzene rings is 2. The summed E-state index contributed by atoms with van der Waals surface area (Å²) in [6.45, 7) is 4.19. The highest BCUT2D eigenvalue weighted by Crippen LogP contribution is 2.33. The molecular formula is C15H16BrFN2O. The number of hydrogen-bond acceptors (Lipinski definition) is 3. The molecule has 0 saturated heterocycles. The van der Waals surface area contributed by atoms with Crippen molar-refractivity contribution in [1.82, 2.24) is 0 Å². The van der Waals surface area contributed by atoms with Crippen LogP contribution in [0.3, 0.4) is 0 Å². The first-order valence-electron chi connectivity index (χ1n) is 6.27. The lowest BCUT2D eigenvalue weighted by molar-refractivity contribution is 0.322. The zero-order valence-electron chi connectivity index (χ0n) is 11.3. The van der Waals surface area contributed by atoms with Crippen molar-refractivity contribution in [1.29, 1.82) is 0 Å². The van der Waals surface area contributed by atoms with Crippen molar-refractivity contribution in [3.05, 3.63) is 46.2 Å². The lowest BCUT2D eigenvalue weighted by Crippen LogP contribution is -2.02. The second-order valence-electron chi connectivity index (χ2n) is 4.34. The van der Waals surface area contributed by atoms with E-state index >= 15 is 0 Å². The highest BCUT2D eigenvalue weighted by molar-refractivity contribution is 9.10. The predicted octanol–water partition coefficient (Wildman–Crippen LogP) is 4.62. The van der Waals surface area contributed by atoms with E-state index in [1.54, 1.807) is 13.0 Å². The molecule has 3 N–H and O–H groups in total. The molecule has 2 aromatic rings. The fourth-order valence-electron chi connectivity index (χ4n) is 1.83. The van der Waals surface area contributed by atoms with Crippen molar-refractivity contribution < 1.29 is 9.13 Å². The quantitative estimate of drug-likeness (QED) is 0.799. The fraction of sp³-hybridized carbons (Fsp3) is 0.200. The molecule has 2 aromatic carbocycles. The summed E-state index contributed by atoms with van der Waals surface area (Å²) in [4.78, 5) is 0. The van der Waals surface area contributed by atoms with E-state index in [0.717, 1.165) is 15.7 Å². The van der Waals surface area contributed by atoms with Crippen molar-refractivity contribution in [3.8, 4) is 5.75 Å². The van der Waals surface area contributed by atoms with Gasteiger partial charge in [-0.1, -0.05) is 22.0 Å². The van der Waals surface area contributed by atoms with Crippen molar-refractivity contribution in [3.63, 3.8) is 0 Å². The first-order valence-corrected chi connectivity index (χ1v) is 7.06. The third-order valence-corrected chi connectivity index (χ3v) is 3.80. The van der Waals surface area contributed by atoms with Crippen LogP contribution < -0.4 is 15.8 Å². The van der Waals surface area contributed by atoms with Gasteiger partial charge in [-0.25, -0.2) is 4.39 Å². The van der Waals surface area contributed by atoms with Gasteiger partial charge in [0, 0.05) is 22.3 Å². The highest BCUT2D eigenvalue weighted by Gasteiger charge is 2.10. The second-order valence-corrected chi connectivity index (χ2v) is 5.19. The van der Waals surface area contributed by atoms with E-state index in [1.165, 1.54) is 6.07 Å². The minimum Gasteiger partial charge on any atom is -0.491 e. The van der Waals surface area contributed by atoms with Crippen LogP contribution in [-0.4, -0.2) is 6.61 Å². The maximum atomic E-state index is 13.7. The molecule has 106 valence electrons. The van der Waals surface area contributed by atoms with Gasteiger partial charge in [-0.05, 0) is 31.5 Å². The van der Waals surface area contributed by atoms with Gasteiger partial charge in [0.2, 0.25) is 0 Å². The van der Waals surface area contributed by atoms with Crippen molar-refractivity contribution >= 4 is 33.0 Å². The molecule has 0 fully saturated rings. The number of hydrogen-bond donors (Lipinski definition) is 2. The first kappa shape index (κ1) is 14.7. The van der Waals surface area contributed by atoms with Gasteiger partial charge in [-0.2, -0.15) is 0 Å². The van der Waals surface area contributed by atoms with E-state index in [1.807, 2.05) is 25.1 Å². The predicted molar refractivity (Wildman–Crippen MR) is 84.1 cm³/mol. The van der Waals surface area contributed by atoms with Crippen molar-refractivity contribution in [2.24, 2.45) is 0 Å². The summed E-state index contributed by atoms with van der Waals surface area (Å²) in [5.41, 5.74) is 8.77. The van der Waals surface area contributed by atoms with E-state index in [0.29, 0.717) is 18.0 Å². The van der Waals surface area contributed by atoms with Crippen LogP contribution in [0, 0.1) is 12.7 Å². The minimum absolute atomic E-state index is 0.192. The summed E-state index contributed by atoms with van der Waals surface area (Å²) >= 11 is 3.47. The molecule has 0 aliphatic heterocycles. The average molecular weight is 339 g/mol. The summed E-state index contributed by atoms with van der Waals surface area (Å²) in [5, 5.41) is 3.21. The van der Waals surface area contributed by atoms with E-state index in [9.17, 15) is 4.39 Å². The standard InChI is InChI=1S/C15H16BrFN2O/c1-3-20-15-8-14(12(18)7-11(15)17)19-13-6-4-5-10(16)9(13)2/h4-8,19H,3,18H2,1-2H3. The number of halogens is 2. The van der Waals surface area contributed by atoms with Crippen LogP contribution in [0.2, 0.25) is 0 Å². The first-order chi connectivity index (χ1) is 9.52. The van der Waals surface area contributed by atoms with Crippen LogP contribution in [0.4, 0.5) is 21.5 Å². The zero-order valence-corrected chi connectivity index (χ0v) is 12.9. The van der Waals surface area contributed by atoms with Crippen LogP contribution in [0.1, 0.15) is 12.5 Å².